The molecule has 3 nitrogen and oxygen atoms in total. The van der Waals surface area contributed by atoms with Gasteiger partial charge in [-0.05, 0) is 6.07 Å². The molecule has 0 unspecified atom stereocenters. The van der Waals surface area contributed by atoms with Gasteiger partial charge in [0.15, 0.2) is 6.61 Å². The standard InChI is InChI=1S/C7H5ClF3NO.C2H3F3O/c8-5-2-1-3-6(12-5)13-4-7(9,10)11;3-2(4,5)1-6/h1-3H,4H2;6H,1H2. The van der Waals surface area contributed by atoms with Crippen LogP contribution in [0.15, 0.2) is 18.2 Å². The summed E-state index contributed by atoms with van der Waals surface area (Å²) < 4.78 is 70.9. The minimum Gasteiger partial charge on any atom is -0.468 e. The number of ether oxygens (including phenoxy) is 1. The molecule has 0 aliphatic rings. The molecule has 1 rings (SSSR count). The van der Waals surface area contributed by atoms with E-state index in [4.69, 9.17) is 16.7 Å². The van der Waals surface area contributed by atoms with Gasteiger partial charge < -0.3 is 9.84 Å². The summed E-state index contributed by atoms with van der Waals surface area (Å²) >= 11 is 5.42. The van der Waals surface area contributed by atoms with Crippen LogP contribution in [0.25, 0.3) is 0 Å². The highest BCUT2D eigenvalue weighted by Gasteiger charge is 2.28. The second-order valence-corrected chi connectivity index (χ2v) is 3.36. The molecule has 0 saturated carbocycles. The van der Waals surface area contributed by atoms with E-state index in [1.54, 1.807) is 0 Å². The number of hydrogen-bond donors (Lipinski definition) is 1. The molecule has 1 heterocycles. The first-order chi connectivity index (χ1) is 8.53. The van der Waals surface area contributed by atoms with E-state index in [0.717, 1.165) is 0 Å². The molecule has 10 heteroatoms. The number of aliphatic hydroxyl groups is 1. The summed E-state index contributed by atoms with van der Waals surface area (Å²) in [6.45, 7) is -3.09. The predicted octanol–water partition coefficient (Wildman–Crippen LogP) is 3.22. The fraction of sp³-hybridized carbons (Fsp3) is 0.444. The maximum atomic E-state index is 11.7. The molecule has 0 aliphatic carbocycles. The summed E-state index contributed by atoms with van der Waals surface area (Å²) in [5.41, 5.74) is 0. The molecule has 19 heavy (non-hydrogen) atoms. The third kappa shape index (κ3) is 11.6. The molecule has 0 bridgehead atoms. The van der Waals surface area contributed by atoms with Gasteiger partial charge in [-0.2, -0.15) is 26.3 Å². The van der Waals surface area contributed by atoms with E-state index in [9.17, 15) is 26.3 Å². The normalized spacial score (nSPS) is 11.6. The molecule has 1 aromatic heterocycles. The minimum atomic E-state index is -4.40. The van der Waals surface area contributed by atoms with Gasteiger partial charge in [0, 0.05) is 6.07 Å². The van der Waals surface area contributed by atoms with Crippen molar-refractivity contribution in [1.82, 2.24) is 4.98 Å². The zero-order valence-corrected chi connectivity index (χ0v) is 9.85. The van der Waals surface area contributed by atoms with Crippen LogP contribution >= 0.6 is 11.6 Å². The number of pyridine rings is 1. The van der Waals surface area contributed by atoms with E-state index in [1.165, 1.54) is 18.2 Å². The largest absolute Gasteiger partial charge is 0.468 e. The SMILES string of the molecule is FC(F)(F)COc1cccc(Cl)n1.OCC(F)(F)F. The molecule has 1 N–H and O–H groups in total. The molecule has 0 spiro atoms. The van der Waals surface area contributed by atoms with Crippen LogP contribution in [-0.4, -0.2) is 35.7 Å². The van der Waals surface area contributed by atoms with Gasteiger partial charge in [0.2, 0.25) is 5.88 Å². The highest BCUT2D eigenvalue weighted by Crippen LogP contribution is 2.17. The number of rotatable bonds is 2. The van der Waals surface area contributed by atoms with Crippen molar-refractivity contribution in [2.24, 2.45) is 0 Å². The van der Waals surface area contributed by atoms with Crippen molar-refractivity contribution in [2.75, 3.05) is 13.2 Å². The lowest BCUT2D eigenvalue weighted by molar-refractivity contribution is -0.159. The van der Waals surface area contributed by atoms with Gasteiger partial charge in [0.25, 0.3) is 0 Å². The van der Waals surface area contributed by atoms with Gasteiger partial charge in [-0.3, -0.25) is 0 Å². The van der Waals surface area contributed by atoms with Gasteiger partial charge >= 0.3 is 12.4 Å². The molecule has 1 aromatic rings. The van der Waals surface area contributed by atoms with Gasteiger partial charge in [-0.1, -0.05) is 17.7 Å². The first kappa shape index (κ1) is 17.8. The van der Waals surface area contributed by atoms with Crippen molar-refractivity contribution >= 4 is 11.6 Å². The molecule has 0 saturated heterocycles. The summed E-state index contributed by atoms with van der Waals surface area (Å²) in [7, 11) is 0. The number of nitrogens with zero attached hydrogens (tertiary/aromatic N) is 1. The lowest BCUT2D eigenvalue weighted by Crippen LogP contribution is -2.19. The van der Waals surface area contributed by atoms with Crippen LogP contribution in [-0.2, 0) is 0 Å². The molecule has 110 valence electrons. The predicted molar refractivity (Wildman–Crippen MR) is 53.9 cm³/mol. The van der Waals surface area contributed by atoms with Crippen molar-refractivity contribution in [1.29, 1.82) is 0 Å². The lowest BCUT2D eigenvalue weighted by Gasteiger charge is -2.07. The van der Waals surface area contributed by atoms with Crippen LogP contribution in [0.1, 0.15) is 0 Å². The third-order valence-corrected chi connectivity index (χ3v) is 1.46. The molecule has 0 aliphatic heterocycles. The summed E-state index contributed by atoms with van der Waals surface area (Å²) in [6.07, 6.45) is -8.76. The topological polar surface area (TPSA) is 42.4 Å². The van der Waals surface area contributed by atoms with Crippen LogP contribution < -0.4 is 4.74 Å². The Morgan fingerprint density at radius 1 is 1.11 bits per heavy atom. The van der Waals surface area contributed by atoms with Gasteiger partial charge in [0.05, 0.1) is 0 Å². The number of halogens is 7. The quantitative estimate of drug-likeness (QED) is 0.673. The number of aliphatic hydroxyl groups excluding tert-OH is 1. The van der Waals surface area contributed by atoms with Crippen molar-refractivity contribution in [3.8, 4) is 5.88 Å². The van der Waals surface area contributed by atoms with Crippen LogP contribution in [0, 0.1) is 0 Å². The minimum absolute atomic E-state index is 0.0969. The average molecular weight is 312 g/mol. The van der Waals surface area contributed by atoms with Gasteiger partial charge in [-0.25, -0.2) is 4.98 Å². The van der Waals surface area contributed by atoms with Crippen LogP contribution in [0.5, 0.6) is 5.88 Å². The summed E-state index contributed by atoms with van der Waals surface area (Å²) in [4.78, 5) is 3.52. The number of aromatic nitrogens is 1. The van der Waals surface area contributed by atoms with E-state index in [-0.39, 0.29) is 11.0 Å². The second kappa shape index (κ2) is 7.39. The highest BCUT2D eigenvalue weighted by molar-refractivity contribution is 6.29. The molecule has 0 fully saturated rings. The van der Waals surface area contributed by atoms with Crippen LogP contribution in [0.4, 0.5) is 26.3 Å². The molecule has 0 amide bonds. The van der Waals surface area contributed by atoms with Gasteiger partial charge in [0.1, 0.15) is 11.8 Å². The fourth-order valence-electron chi connectivity index (χ4n) is 0.626. The number of hydrogen-bond acceptors (Lipinski definition) is 3. The Hall–Kier alpha value is -1.22. The number of alkyl halides is 6. The van der Waals surface area contributed by atoms with Crippen LogP contribution in [0.3, 0.4) is 0 Å². The van der Waals surface area contributed by atoms with Crippen molar-refractivity contribution in [3.05, 3.63) is 23.4 Å². The van der Waals surface area contributed by atoms with Crippen molar-refractivity contribution in [3.63, 3.8) is 0 Å². The Balaban J connectivity index is 0.000000459. The van der Waals surface area contributed by atoms with E-state index < -0.39 is 25.6 Å². The highest BCUT2D eigenvalue weighted by atomic mass is 35.5. The maximum absolute atomic E-state index is 11.7. The van der Waals surface area contributed by atoms with E-state index >= 15 is 0 Å². The summed E-state index contributed by atoms with van der Waals surface area (Å²) in [5, 5.41) is 7.37. The maximum Gasteiger partial charge on any atom is 0.422 e. The monoisotopic (exact) mass is 311 g/mol. The second-order valence-electron chi connectivity index (χ2n) is 2.98. The van der Waals surface area contributed by atoms with Crippen molar-refractivity contribution in [2.45, 2.75) is 12.4 Å². The zero-order valence-electron chi connectivity index (χ0n) is 9.09. The average Bonchev–Trinajstić information content (AvgIpc) is 2.25. The summed E-state index contributed by atoms with van der Waals surface area (Å²) in [6, 6.07) is 4.21. The molecule has 0 atom stereocenters. The van der Waals surface area contributed by atoms with E-state index in [0.29, 0.717) is 0 Å². The molecule has 0 aromatic carbocycles. The Kier molecular flexibility index (Phi) is 6.91. The first-order valence-corrected chi connectivity index (χ1v) is 4.91. The van der Waals surface area contributed by atoms with E-state index in [1.807, 2.05) is 0 Å². The molecular formula is C9H8ClF6NO2. The third-order valence-electron chi connectivity index (χ3n) is 1.25. The van der Waals surface area contributed by atoms with Gasteiger partial charge in [-0.15, -0.1) is 0 Å². The molecule has 0 radical (unpaired) electrons. The Labute approximate surface area is 108 Å². The lowest BCUT2D eigenvalue weighted by atomic mass is 10.5. The van der Waals surface area contributed by atoms with Crippen LogP contribution in [0.2, 0.25) is 5.15 Å². The first-order valence-electron chi connectivity index (χ1n) is 4.53. The smallest absolute Gasteiger partial charge is 0.422 e. The van der Waals surface area contributed by atoms with Crippen molar-refractivity contribution < 1.29 is 36.2 Å². The Morgan fingerprint density at radius 3 is 2.00 bits per heavy atom. The molecular weight excluding hydrogens is 304 g/mol. The zero-order chi connectivity index (χ0) is 15.1. The Morgan fingerprint density at radius 2 is 1.63 bits per heavy atom. The Bertz CT molecular complexity index is 382. The fourth-order valence-corrected chi connectivity index (χ4v) is 0.782. The summed E-state index contributed by atoms with van der Waals surface area (Å²) in [5.74, 6) is -0.134. The van der Waals surface area contributed by atoms with E-state index in [2.05, 4.69) is 9.72 Å².